The van der Waals surface area contributed by atoms with E-state index in [-0.39, 0.29) is 5.91 Å². The number of amides is 1. The smallest absolute Gasteiger partial charge is 0.251 e. The number of hydrogen-bond donors (Lipinski definition) is 2. The van der Waals surface area contributed by atoms with Crippen LogP contribution in [0.25, 0.3) is 16.6 Å². The van der Waals surface area contributed by atoms with Crippen molar-refractivity contribution in [2.24, 2.45) is 0 Å². The summed E-state index contributed by atoms with van der Waals surface area (Å²) in [6.45, 7) is 9.86. The second-order valence-corrected chi connectivity index (χ2v) is 6.22. The summed E-state index contributed by atoms with van der Waals surface area (Å²) >= 11 is 0. The van der Waals surface area contributed by atoms with E-state index in [1.165, 1.54) is 0 Å². The van der Waals surface area contributed by atoms with E-state index >= 15 is 0 Å². The van der Waals surface area contributed by atoms with Crippen molar-refractivity contribution in [2.75, 3.05) is 14.2 Å². The zero-order chi connectivity index (χ0) is 22.8. The number of nitrogens with zero attached hydrogens (tertiary/aromatic N) is 1. The van der Waals surface area contributed by atoms with E-state index in [1.54, 1.807) is 32.4 Å². The van der Waals surface area contributed by atoms with Crippen LogP contribution in [0.3, 0.4) is 0 Å². The van der Waals surface area contributed by atoms with Gasteiger partial charge in [-0.15, -0.1) is 0 Å². The quantitative estimate of drug-likeness (QED) is 0.391. The molecule has 1 aromatic heterocycles. The lowest BCUT2D eigenvalue weighted by Crippen LogP contribution is -2.17. The van der Waals surface area contributed by atoms with Crippen molar-refractivity contribution in [1.82, 2.24) is 15.3 Å². The molecule has 0 atom stereocenters. The Labute approximate surface area is 183 Å². The maximum absolute atomic E-state index is 11.8. The van der Waals surface area contributed by atoms with Gasteiger partial charge in [0.2, 0.25) is 0 Å². The summed E-state index contributed by atoms with van der Waals surface area (Å²) in [7, 11) is 3.22. The molecule has 0 fully saturated rings. The van der Waals surface area contributed by atoms with E-state index in [2.05, 4.69) is 21.9 Å². The van der Waals surface area contributed by atoms with Crippen LogP contribution in [-0.4, -0.2) is 30.0 Å². The zero-order valence-corrected chi connectivity index (χ0v) is 18.7. The minimum atomic E-state index is -0.138. The highest BCUT2D eigenvalue weighted by molar-refractivity contribution is 5.97. The standard InChI is InChI=1S/C23H23N3O3.C2H6/c1-5-16(7-6-15(2)29-19-11-9-18(28-4)10-12-19)22-25-20-13-8-17(23(27)24-3)14-21(20)26-22;1-2/h5-14H,2H2,1,3-4H3,(H,24,27)(H,25,26);1-2H3/b7-6-,16-5+;. The number of methoxy groups -OCH3 is 1. The van der Waals surface area contributed by atoms with Crippen LogP contribution in [0.4, 0.5) is 0 Å². The average molecular weight is 420 g/mol. The maximum atomic E-state index is 11.8. The lowest BCUT2D eigenvalue weighted by atomic mass is 10.2. The molecule has 2 N–H and O–H groups in total. The molecular weight excluding hydrogens is 390 g/mol. The lowest BCUT2D eigenvalue weighted by molar-refractivity contribution is 0.0963. The van der Waals surface area contributed by atoms with E-state index in [0.29, 0.717) is 22.9 Å². The molecule has 0 spiro atoms. The SMILES string of the molecule is C=C(/C=C\C(=C/C)c1nc2ccc(C(=O)NC)cc2[nH]1)Oc1ccc(OC)cc1.CC. The number of imidazole rings is 1. The van der Waals surface area contributed by atoms with Crippen LogP contribution < -0.4 is 14.8 Å². The predicted octanol–water partition coefficient (Wildman–Crippen LogP) is 5.51. The number of rotatable bonds is 7. The van der Waals surface area contributed by atoms with E-state index in [9.17, 15) is 4.79 Å². The third kappa shape index (κ3) is 6.09. The normalized spacial score (nSPS) is 11.1. The molecule has 1 amide bonds. The number of benzene rings is 2. The Morgan fingerprint density at radius 2 is 1.77 bits per heavy atom. The Morgan fingerprint density at radius 3 is 2.39 bits per heavy atom. The summed E-state index contributed by atoms with van der Waals surface area (Å²) in [4.78, 5) is 19.7. The topological polar surface area (TPSA) is 76.2 Å². The molecule has 6 nitrogen and oxygen atoms in total. The van der Waals surface area contributed by atoms with Gasteiger partial charge in [-0.2, -0.15) is 0 Å². The van der Waals surface area contributed by atoms with Gasteiger partial charge in [0.15, 0.2) is 0 Å². The second-order valence-electron chi connectivity index (χ2n) is 6.22. The first-order valence-electron chi connectivity index (χ1n) is 10.1. The van der Waals surface area contributed by atoms with Crippen molar-refractivity contribution in [3.8, 4) is 11.5 Å². The van der Waals surface area contributed by atoms with Crippen LogP contribution in [-0.2, 0) is 0 Å². The summed E-state index contributed by atoms with van der Waals surface area (Å²) in [6, 6.07) is 12.6. The summed E-state index contributed by atoms with van der Waals surface area (Å²) in [5.41, 5.74) is 3.03. The molecule has 0 saturated heterocycles. The number of nitrogens with one attached hydrogen (secondary N) is 2. The van der Waals surface area contributed by atoms with E-state index in [0.717, 1.165) is 22.4 Å². The highest BCUT2D eigenvalue weighted by atomic mass is 16.5. The number of ether oxygens (including phenoxy) is 2. The summed E-state index contributed by atoms with van der Waals surface area (Å²) in [5.74, 6) is 2.49. The molecule has 0 aliphatic heterocycles. The molecule has 31 heavy (non-hydrogen) atoms. The van der Waals surface area contributed by atoms with Crippen LogP contribution in [0.15, 0.2) is 73.0 Å². The first-order chi connectivity index (χ1) is 15.0. The van der Waals surface area contributed by atoms with Gasteiger partial charge in [0.25, 0.3) is 5.91 Å². The van der Waals surface area contributed by atoms with Gasteiger partial charge in [-0.25, -0.2) is 4.98 Å². The fourth-order valence-corrected chi connectivity index (χ4v) is 2.76. The van der Waals surface area contributed by atoms with Gasteiger partial charge < -0.3 is 19.8 Å². The Bertz CT molecular complexity index is 1090. The number of hydrogen-bond acceptors (Lipinski definition) is 4. The molecule has 1 heterocycles. The molecule has 6 heteroatoms. The van der Waals surface area contributed by atoms with Gasteiger partial charge >= 0.3 is 0 Å². The van der Waals surface area contributed by atoms with Gasteiger partial charge in [0.1, 0.15) is 23.1 Å². The van der Waals surface area contributed by atoms with Crippen molar-refractivity contribution in [2.45, 2.75) is 20.8 Å². The second kappa shape index (κ2) is 11.4. The van der Waals surface area contributed by atoms with Crippen LogP contribution in [0, 0.1) is 0 Å². The molecule has 0 saturated carbocycles. The monoisotopic (exact) mass is 419 g/mol. The van der Waals surface area contributed by atoms with Gasteiger partial charge in [-0.05, 0) is 61.5 Å². The molecule has 0 bridgehead atoms. The van der Waals surface area contributed by atoms with E-state index < -0.39 is 0 Å². The molecule has 3 aromatic rings. The van der Waals surface area contributed by atoms with Gasteiger partial charge in [0, 0.05) is 18.2 Å². The number of carbonyl (C=O) groups is 1. The Hall–Kier alpha value is -3.80. The molecule has 162 valence electrons. The van der Waals surface area contributed by atoms with Crippen molar-refractivity contribution in [3.05, 3.63) is 84.4 Å². The molecule has 2 aromatic carbocycles. The summed E-state index contributed by atoms with van der Waals surface area (Å²) < 4.78 is 10.9. The fraction of sp³-hybridized carbons (Fsp3) is 0.200. The number of aromatic amines is 1. The Morgan fingerprint density at radius 1 is 1.10 bits per heavy atom. The van der Waals surface area contributed by atoms with Gasteiger partial charge in [-0.3, -0.25) is 4.79 Å². The fourth-order valence-electron chi connectivity index (χ4n) is 2.76. The van der Waals surface area contributed by atoms with Crippen LogP contribution in [0.1, 0.15) is 37.0 Å². The van der Waals surface area contributed by atoms with Crippen LogP contribution in [0.2, 0.25) is 0 Å². The lowest BCUT2D eigenvalue weighted by Gasteiger charge is -2.06. The third-order valence-electron chi connectivity index (χ3n) is 4.31. The number of allylic oxidation sites excluding steroid dienone is 4. The van der Waals surface area contributed by atoms with Gasteiger partial charge in [0.05, 0.1) is 18.1 Å². The summed E-state index contributed by atoms with van der Waals surface area (Å²) in [6.07, 6.45) is 5.60. The van der Waals surface area contributed by atoms with Crippen LogP contribution in [0.5, 0.6) is 11.5 Å². The zero-order valence-electron chi connectivity index (χ0n) is 18.7. The van der Waals surface area contributed by atoms with Crippen molar-refractivity contribution in [3.63, 3.8) is 0 Å². The van der Waals surface area contributed by atoms with Gasteiger partial charge in [-0.1, -0.05) is 26.5 Å². The number of H-pyrrole nitrogens is 1. The first kappa shape index (κ1) is 23.5. The number of carbonyl (C=O) groups excluding carboxylic acids is 1. The Kier molecular flexibility index (Phi) is 8.64. The van der Waals surface area contributed by atoms with Crippen molar-refractivity contribution < 1.29 is 14.3 Å². The largest absolute Gasteiger partial charge is 0.497 e. The highest BCUT2D eigenvalue weighted by Gasteiger charge is 2.09. The molecule has 0 radical (unpaired) electrons. The van der Waals surface area contributed by atoms with Crippen LogP contribution >= 0.6 is 0 Å². The Balaban J connectivity index is 0.00000166. The predicted molar refractivity (Wildman–Crippen MR) is 126 cm³/mol. The molecule has 0 aliphatic rings. The average Bonchev–Trinajstić information content (AvgIpc) is 3.24. The number of fused-ring (bicyclic) bond motifs is 1. The van der Waals surface area contributed by atoms with E-state index in [1.807, 2.05) is 63.3 Å². The number of aromatic nitrogens is 2. The van der Waals surface area contributed by atoms with Crippen molar-refractivity contribution >= 4 is 22.5 Å². The van der Waals surface area contributed by atoms with Crippen molar-refractivity contribution in [1.29, 1.82) is 0 Å². The minimum Gasteiger partial charge on any atom is -0.497 e. The molecule has 0 aliphatic carbocycles. The molecule has 3 rings (SSSR count). The first-order valence-corrected chi connectivity index (χ1v) is 10.1. The highest BCUT2D eigenvalue weighted by Crippen LogP contribution is 2.22. The minimum absolute atomic E-state index is 0.138. The summed E-state index contributed by atoms with van der Waals surface area (Å²) in [5, 5.41) is 2.62. The third-order valence-corrected chi connectivity index (χ3v) is 4.31. The maximum Gasteiger partial charge on any atom is 0.251 e. The molecule has 0 unspecified atom stereocenters. The molecular formula is C25H29N3O3. The van der Waals surface area contributed by atoms with E-state index in [4.69, 9.17) is 9.47 Å².